The van der Waals surface area contributed by atoms with E-state index in [0.717, 1.165) is 43.8 Å². The zero-order valence-electron chi connectivity index (χ0n) is 9.88. The quantitative estimate of drug-likeness (QED) is 0.750. The van der Waals surface area contributed by atoms with E-state index in [0.29, 0.717) is 11.8 Å². The second-order valence-corrected chi connectivity index (χ2v) is 5.00. The van der Waals surface area contributed by atoms with Crippen molar-refractivity contribution >= 4 is 17.3 Å². The summed E-state index contributed by atoms with van der Waals surface area (Å²) in [6.07, 6.45) is -2.23. The average Bonchev–Trinajstić information content (AvgIpc) is 2.77. The van der Waals surface area contributed by atoms with Crippen LogP contribution in [0.1, 0.15) is 18.4 Å². The van der Waals surface area contributed by atoms with E-state index in [9.17, 15) is 13.2 Å². The van der Waals surface area contributed by atoms with E-state index in [-0.39, 0.29) is 0 Å². The maximum Gasteiger partial charge on any atom is 0.416 e. The molecule has 1 aliphatic heterocycles. The van der Waals surface area contributed by atoms with Crippen molar-refractivity contribution < 1.29 is 13.2 Å². The second-order valence-electron chi connectivity index (χ2n) is 4.62. The highest BCUT2D eigenvalue weighted by Gasteiger charge is 2.30. The molecular formula is C13H15ClF3N. The fourth-order valence-electron chi connectivity index (χ4n) is 2.32. The first kappa shape index (κ1) is 13.5. The molecule has 1 aromatic rings. The maximum absolute atomic E-state index is 12.4. The predicted octanol–water partition coefficient (Wildman–Crippen LogP) is 4.16. The summed E-state index contributed by atoms with van der Waals surface area (Å²) in [5.74, 6) is 1.20. The van der Waals surface area contributed by atoms with Gasteiger partial charge in [0.05, 0.1) is 5.56 Å². The van der Waals surface area contributed by atoms with Crippen LogP contribution >= 0.6 is 11.6 Å². The molecule has 0 amide bonds. The molecule has 1 nitrogen and oxygen atoms in total. The standard InChI is InChI=1S/C13H15ClF3N/c14-7-5-10-6-8-18(9-10)12-3-1-11(2-4-12)13(15,16)17/h1-4,10H,5-9H2. The van der Waals surface area contributed by atoms with Gasteiger partial charge in [0.25, 0.3) is 0 Å². The van der Waals surface area contributed by atoms with Crippen molar-refractivity contribution in [2.24, 2.45) is 5.92 Å². The van der Waals surface area contributed by atoms with Crippen LogP contribution in [0, 0.1) is 5.92 Å². The summed E-state index contributed by atoms with van der Waals surface area (Å²) in [7, 11) is 0. The molecule has 18 heavy (non-hydrogen) atoms. The number of anilines is 1. The lowest BCUT2D eigenvalue weighted by molar-refractivity contribution is -0.137. The predicted molar refractivity (Wildman–Crippen MR) is 67.1 cm³/mol. The first-order valence-electron chi connectivity index (χ1n) is 5.99. The Hall–Kier alpha value is -0.900. The van der Waals surface area contributed by atoms with E-state index in [4.69, 9.17) is 11.6 Å². The lowest BCUT2D eigenvalue weighted by Gasteiger charge is -2.19. The van der Waals surface area contributed by atoms with E-state index in [2.05, 4.69) is 4.90 Å². The van der Waals surface area contributed by atoms with E-state index in [1.54, 1.807) is 12.1 Å². The molecule has 0 saturated carbocycles. The van der Waals surface area contributed by atoms with Gasteiger partial charge in [-0.15, -0.1) is 11.6 Å². The zero-order valence-corrected chi connectivity index (χ0v) is 10.6. The van der Waals surface area contributed by atoms with Gasteiger partial charge in [-0.2, -0.15) is 13.2 Å². The summed E-state index contributed by atoms with van der Waals surface area (Å²) < 4.78 is 37.3. The molecule has 1 heterocycles. The minimum Gasteiger partial charge on any atom is -0.371 e. The van der Waals surface area contributed by atoms with E-state index in [1.807, 2.05) is 0 Å². The van der Waals surface area contributed by atoms with Crippen LogP contribution in [0.3, 0.4) is 0 Å². The molecule has 5 heteroatoms. The van der Waals surface area contributed by atoms with Crippen LogP contribution in [0.2, 0.25) is 0 Å². The summed E-state index contributed by atoms with van der Waals surface area (Å²) in [6.45, 7) is 1.78. The van der Waals surface area contributed by atoms with Crippen LogP contribution in [0.4, 0.5) is 18.9 Å². The van der Waals surface area contributed by atoms with Crippen molar-refractivity contribution in [2.45, 2.75) is 19.0 Å². The fourth-order valence-corrected chi connectivity index (χ4v) is 2.63. The smallest absolute Gasteiger partial charge is 0.371 e. The van der Waals surface area contributed by atoms with Crippen molar-refractivity contribution in [1.82, 2.24) is 0 Å². The van der Waals surface area contributed by atoms with Crippen LogP contribution < -0.4 is 4.90 Å². The Bertz CT molecular complexity index is 388. The molecule has 0 aromatic heterocycles. The largest absolute Gasteiger partial charge is 0.416 e. The molecule has 1 aromatic carbocycles. The fraction of sp³-hybridized carbons (Fsp3) is 0.538. The molecule has 1 saturated heterocycles. The van der Waals surface area contributed by atoms with Crippen molar-refractivity contribution in [2.75, 3.05) is 23.9 Å². The van der Waals surface area contributed by atoms with Crippen LogP contribution in [-0.2, 0) is 6.18 Å². The highest BCUT2D eigenvalue weighted by atomic mass is 35.5. The molecule has 0 N–H and O–H groups in total. The van der Waals surface area contributed by atoms with Gasteiger partial charge in [-0.3, -0.25) is 0 Å². The monoisotopic (exact) mass is 277 g/mol. The third-order valence-electron chi connectivity index (χ3n) is 3.36. The van der Waals surface area contributed by atoms with Gasteiger partial charge in [-0.25, -0.2) is 0 Å². The molecule has 0 radical (unpaired) electrons. The summed E-state index contributed by atoms with van der Waals surface area (Å²) >= 11 is 5.70. The van der Waals surface area contributed by atoms with Crippen molar-refractivity contribution in [3.05, 3.63) is 29.8 Å². The summed E-state index contributed by atoms with van der Waals surface area (Å²) in [4.78, 5) is 2.12. The Kier molecular flexibility index (Phi) is 4.05. The maximum atomic E-state index is 12.4. The average molecular weight is 278 g/mol. The van der Waals surface area contributed by atoms with Crippen molar-refractivity contribution in [3.63, 3.8) is 0 Å². The normalized spacial score (nSPS) is 20.4. The Balaban J connectivity index is 2.03. The topological polar surface area (TPSA) is 3.24 Å². The molecule has 1 atom stereocenters. The minimum atomic E-state index is -4.26. The van der Waals surface area contributed by atoms with Gasteiger partial charge in [0.1, 0.15) is 0 Å². The number of hydrogen-bond acceptors (Lipinski definition) is 1. The molecule has 100 valence electrons. The molecule has 1 unspecified atom stereocenters. The van der Waals surface area contributed by atoms with Gasteiger partial charge in [0.2, 0.25) is 0 Å². The van der Waals surface area contributed by atoms with Crippen LogP contribution in [-0.4, -0.2) is 19.0 Å². The SMILES string of the molecule is FC(F)(F)c1ccc(N2CCC(CCCl)C2)cc1. The number of halogens is 4. The molecule has 2 rings (SSSR count). The second kappa shape index (κ2) is 5.39. The van der Waals surface area contributed by atoms with Crippen LogP contribution in [0.15, 0.2) is 24.3 Å². The summed E-state index contributed by atoms with van der Waals surface area (Å²) in [5, 5.41) is 0. The molecular weight excluding hydrogens is 263 g/mol. The van der Waals surface area contributed by atoms with Crippen LogP contribution in [0.25, 0.3) is 0 Å². The van der Waals surface area contributed by atoms with Crippen molar-refractivity contribution in [1.29, 1.82) is 0 Å². The lowest BCUT2D eigenvalue weighted by Crippen LogP contribution is -2.19. The first-order valence-corrected chi connectivity index (χ1v) is 6.52. The summed E-state index contributed by atoms with van der Waals surface area (Å²) in [6, 6.07) is 5.38. The Morgan fingerprint density at radius 3 is 2.44 bits per heavy atom. The van der Waals surface area contributed by atoms with Gasteiger partial charge >= 0.3 is 6.18 Å². The number of nitrogens with zero attached hydrogens (tertiary/aromatic N) is 1. The van der Waals surface area contributed by atoms with Crippen molar-refractivity contribution in [3.8, 4) is 0 Å². The van der Waals surface area contributed by atoms with Gasteiger partial charge in [-0.05, 0) is 43.0 Å². The number of rotatable bonds is 3. The Morgan fingerprint density at radius 2 is 1.89 bits per heavy atom. The molecule has 0 bridgehead atoms. The van der Waals surface area contributed by atoms with E-state index in [1.165, 1.54) is 0 Å². The molecule has 1 fully saturated rings. The van der Waals surface area contributed by atoms with Gasteiger partial charge in [-0.1, -0.05) is 0 Å². The van der Waals surface area contributed by atoms with Crippen LogP contribution in [0.5, 0.6) is 0 Å². The lowest BCUT2D eigenvalue weighted by atomic mass is 10.1. The molecule has 0 aliphatic carbocycles. The Morgan fingerprint density at radius 1 is 1.22 bits per heavy atom. The first-order chi connectivity index (χ1) is 8.50. The summed E-state index contributed by atoms with van der Waals surface area (Å²) in [5.41, 5.74) is 0.267. The number of benzene rings is 1. The highest BCUT2D eigenvalue weighted by Crippen LogP contribution is 2.32. The minimum absolute atomic E-state index is 0.560. The molecule has 1 aliphatic rings. The van der Waals surface area contributed by atoms with Gasteiger partial charge < -0.3 is 4.90 Å². The third-order valence-corrected chi connectivity index (χ3v) is 3.58. The number of hydrogen-bond donors (Lipinski definition) is 0. The highest BCUT2D eigenvalue weighted by molar-refractivity contribution is 6.17. The number of alkyl halides is 4. The van der Waals surface area contributed by atoms with Gasteiger partial charge in [0.15, 0.2) is 0 Å². The Labute approximate surface area is 110 Å². The van der Waals surface area contributed by atoms with Gasteiger partial charge in [0, 0.05) is 24.7 Å². The zero-order chi connectivity index (χ0) is 13.2. The van der Waals surface area contributed by atoms with E-state index >= 15 is 0 Å². The third kappa shape index (κ3) is 3.10. The molecule has 0 spiro atoms. The van der Waals surface area contributed by atoms with E-state index < -0.39 is 11.7 Å².